The summed E-state index contributed by atoms with van der Waals surface area (Å²) in [6.45, 7) is 0.472. The van der Waals surface area contributed by atoms with Gasteiger partial charge in [0.25, 0.3) is 5.91 Å². The van der Waals surface area contributed by atoms with Gasteiger partial charge in [-0.2, -0.15) is 0 Å². The van der Waals surface area contributed by atoms with E-state index in [0.29, 0.717) is 0 Å². The normalized spacial score (nSPS) is 10.0. The minimum atomic E-state index is -1.26. The minimum absolute atomic E-state index is 0.253. The lowest BCUT2D eigenvalue weighted by Gasteiger charge is -2.18. The fourth-order valence-corrected chi connectivity index (χ4v) is 1.73. The number of hydrogen-bond acceptors (Lipinski definition) is 3. The Morgan fingerprint density at radius 3 is 2.11 bits per heavy atom. The average molecular weight is 330 g/mol. The summed E-state index contributed by atoms with van der Waals surface area (Å²) in [6.07, 6.45) is 0. The van der Waals surface area contributed by atoms with E-state index >= 15 is 0 Å². The van der Waals surface area contributed by atoms with Crippen molar-refractivity contribution in [3.05, 3.63) is 33.8 Å². The van der Waals surface area contributed by atoms with Gasteiger partial charge in [-0.3, -0.25) is 14.4 Å². The first-order valence-corrected chi connectivity index (χ1v) is 6.09. The molecule has 0 saturated heterocycles. The maximum absolute atomic E-state index is 12.1. The number of carbonyl (C=O) groups excluding carboxylic acids is 1. The van der Waals surface area contributed by atoms with Crippen LogP contribution in [-0.2, 0) is 9.59 Å². The second-order valence-electron chi connectivity index (χ2n) is 3.91. The summed E-state index contributed by atoms with van der Waals surface area (Å²) in [7, 11) is 0. The first kappa shape index (κ1) is 15.2. The highest BCUT2D eigenvalue weighted by atomic mass is 79.9. The number of hydrogen-bond donors (Lipinski definition) is 2. The van der Waals surface area contributed by atoms with E-state index in [1.807, 2.05) is 0 Å². The predicted molar refractivity (Wildman–Crippen MR) is 70.1 cm³/mol. The third kappa shape index (κ3) is 4.36. The number of carbonyl (C=O) groups is 3. The fourth-order valence-electron chi connectivity index (χ4n) is 1.49. The molecule has 0 radical (unpaired) electrons. The molecule has 0 heterocycles. The van der Waals surface area contributed by atoms with Gasteiger partial charge < -0.3 is 15.1 Å². The molecule has 0 atom stereocenters. The van der Waals surface area contributed by atoms with Crippen LogP contribution in [-0.4, -0.2) is 46.0 Å². The molecule has 1 aromatic carbocycles. The number of rotatable bonds is 5. The minimum Gasteiger partial charge on any atom is -0.480 e. The van der Waals surface area contributed by atoms with Crippen molar-refractivity contribution in [2.45, 2.75) is 6.92 Å². The van der Waals surface area contributed by atoms with Crippen molar-refractivity contribution < 1.29 is 24.6 Å². The van der Waals surface area contributed by atoms with E-state index in [0.717, 1.165) is 14.9 Å². The molecule has 0 aromatic heterocycles. The van der Waals surface area contributed by atoms with Crippen LogP contribution in [0.5, 0.6) is 0 Å². The van der Waals surface area contributed by atoms with Gasteiger partial charge in [-0.25, -0.2) is 0 Å². The summed E-state index contributed by atoms with van der Waals surface area (Å²) in [5, 5.41) is 17.4. The monoisotopic (exact) mass is 329 g/mol. The molecule has 0 aliphatic carbocycles. The highest BCUT2D eigenvalue weighted by Gasteiger charge is 2.21. The molecular weight excluding hydrogens is 318 g/mol. The van der Waals surface area contributed by atoms with Crippen molar-refractivity contribution in [2.24, 2.45) is 0 Å². The van der Waals surface area contributed by atoms with Crippen LogP contribution >= 0.6 is 15.9 Å². The molecule has 1 aromatic rings. The molecule has 19 heavy (non-hydrogen) atoms. The molecule has 0 aliphatic rings. The Morgan fingerprint density at radius 2 is 1.68 bits per heavy atom. The van der Waals surface area contributed by atoms with Crippen LogP contribution in [0.1, 0.15) is 15.9 Å². The second kappa shape index (κ2) is 6.33. The average Bonchev–Trinajstić information content (AvgIpc) is 2.29. The molecule has 0 spiro atoms. The number of aryl methyl sites for hydroxylation is 1. The van der Waals surface area contributed by atoms with Crippen molar-refractivity contribution in [2.75, 3.05) is 13.1 Å². The topological polar surface area (TPSA) is 94.9 Å². The van der Waals surface area contributed by atoms with E-state index in [1.165, 1.54) is 6.07 Å². The van der Waals surface area contributed by atoms with Crippen LogP contribution in [0.15, 0.2) is 22.7 Å². The quantitative estimate of drug-likeness (QED) is 0.850. The summed E-state index contributed by atoms with van der Waals surface area (Å²) in [5.74, 6) is -3.15. The van der Waals surface area contributed by atoms with Gasteiger partial charge in [0.1, 0.15) is 13.1 Å². The van der Waals surface area contributed by atoms with Gasteiger partial charge in [0, 0.05) is 10.0 Å². The van der Waals surface area contributed by atoms with E-state index < -0.39 is 30.9 Å². The lowest BCUT2D eigenvalue weighted by atomic mass is 10.1. The number of amides is 1. The SMILES string of the molecule is Cc1cc(C(=O)N(CC(=O)O)CC(=O)O)ccc1Br. The molecule has 7 heteroatoms. The summed E-state index contributed by atoms with van der Waals surface area (Å²) in [6, 6.07) is 4.74. The molecular formula is C12H12BrNO5. The van der Waals surface area contributed by atoms with E-state index in [4.69, 9.17) is 10.2 Å². The zero-order valence-electron chi connectivity index (χ0n) is 10.1. The maximum atomic E-state index is 12.1. The van der Waals surface area contributed by atoms with Gasteiger partial charge >= 0.3 is 11.9 Å². The number of carboxylic acids is 2. The Hall–Kier alpha value is -1.89. The van der Waals surface area contributed by atoms with Crippen molar-refractivity contribution in [1.82, 2.24) is 4.90 Å². The molecule has 1 rings (SSSR count). The molecule has 0 aliphatic heterocycles. The highest BCUT2D eigenvalue weighted by Crippen LogP contribution is 2.18. The Bertz CT molecular complexity index is 513. The predicted octanol–water partition coefficient (Wildman–Crippen LogP) is 1.37. The molecule has 0 fully saturated rings. The molecule has 1 amide bonds. The molecule has 0 unspecified atom stereocenters. The number of nitrogens with zero attached hydrogens (tertiary/aromatic N) is 1. The van der Waals surface area contributed by atoms with Gasteiger partial charge in [0.05, 0.1) is 0 Å². The standard InChI is InChI=1S/C12H12BrNO5/c1-7-4-8(2-3-9(7)13)12(19)14(5-10(15)16)6-11(17)18/h2-4H,5-6H2,1H3,(H,15,16)(H,17,18). The number of aliphatic carboxylic acids is 2. The van der Waals surface area contributed by atoms with Gasteiger partial charge in [0.15, 0.2) is 0 Å². The molecule has 2 N–H and O–H groups in total. The van der Waals surface area contributed by atoms with Crippen molar-refractivity contribution >= 4 is 33.8 Å². The zero-order valence-corrected chi connectivity index (χ0v) is 11.7. The molecule has 6 nitrogen and oxygen atoms in total. The van der Waals surface area contributed by atoms with E-state index in [-0.39, 0.29) is 5.56 Å². The number of carboxylic acid groups (broad SMARTS) is 2. The van der Waals surface area contributed by atoms with Crippen LogP contribution in [0.4, 0.5) is 0 Å². The maximum Gasteiger partial charge on any atom is 0.323 e. The largest absolute Gasteiger partial charge is 0.480 e. The Labute approximate surface area is 117 Å². The lowest BCUT2D eigenvalue weighted by molar-refractivity contribution is -0.140. The number of benzene rings is 1. The van der Waals surface area contributed by atoms with E-state index in [2.05, 4.69) is 15.9 Å². The zero-order chi connectivity index (χ0) is 14.6. The third-order valence-corrected chi connectivity index (χ3v) is 3.23. The van der Waals surface area contributed by atoms with Gasteiger partial charge in [0.2, 0.25) is 0 Å². The first-order chi connectivity index (χ1) is 8.81. The van der Waals surface area contributed by atoms with Crippen LogP contribution in [0.2, 0.25) is 0 Å². The lowest BCUT2D eigenvalue weighted by Crippen LogP contribution is -2.39. The van der Waals surface area contributed by atoms with Crippen molar-refractivity contribution in [1.29, 1.82) is 0 Å². The smallest absolute Gasteiger partial charge is 0.323 e. The summed E-state index contributed by atoms with van der Waals surface area (Å²) < 4.78 is 0.812. The van der Waals surface area contributed by atoms with Crippen molar-refractivity contribution in [3.8, 4) is 0 Å². The molecule has 0 saturated carbocycles. The summed E-state index contributed by atoms with van der Waals surface area (Å²) >= 11 is 3.28. The van der Waals surface area contributed by atoms with Crippen LogP contribution in [0.3, 0.4) is 0 Å². The van der Waals surface area contributed by atoms with E-state index in [9.17, 15) is 14.4 Å². The second-order valence-corrected chi connectivity index (χ2v) is 4.77. The Morgan fingerprint density at radius 1 is 1.16 bits per heavy atom. The highest BCUT2D eigenvalue weighted by molar-refractivity contribution is 9.10. The molecule has 0 bridgehead atoms. The van der Waals surface area contributed by atoms with Gasteiger partial charge in [-0.05, 0) is 30.7 Å². The summed E-state index contributed by atoms with van der Waals surface area (Å²) in [4.78, 5) is 34.1. The van der Waals surface area contributed by atoms with Crippen LogP contribution < -0.4 is 0 Å². The van der Waals surface area contributed by atoms with Gasteiger partial charge in [-0.1, -0.05) is 15.9 Å². The van der Waals surface area contributed by atoms with Gasteiger partial charge in [-0.15, -0.1) is 0 Å². The van der Waals surface area contributed by atoms with Crippen LogP contribution in [0.25, 0.3) is 0 Å². The first-order valence-electron chi connectivity index (χ1n) is 5.30. The fraction of sp³-hybridized carbons (Fsp3) is 0.250. The van der Waals surface area contributed by atoms with Crippen molar-refractivity contribution in [3.63, 3.8) is 0 Å². The Balaban J connectivity index is 3.00. The number of halogens is 1. The summed E-state index contributed by atoms with van der Waals surface area (Å²) in [5.41, 5.74) is 1.06. The van der Waals surface area contributed by atoms with E-state index in [1.54, 1.807) is 19.1 Å². The Kier molecular flexibility index (Phi) is 5.05. The third-order valence-electron chi connectivity index (χ3n) is 2.34. The van der Waals surface area contributed by atoms with Crippen LogP contribution in [0, 0.1) is 6.92 Å². The molecule has 102 valence electrons.